The van der Waals surface area contributed by atoms with Crippen LogP contribution in [0.1, 0.15) is 39.5 Å². The smallest absolute Gasteiger partial charge is 0.351 e. The number of nitriles is 2. The van der Waals surface area contributed by atoms with Gasteiger partial charge in [-0.3, -0.25) is 0 Å². The highest BCUT2D eigenvalue weighted by Crippen LogP contribution is 2.19. The van der Waals surface area contributed by atoms with Gasteiger partial charge in [-0.2, -0.15) is 14.8 Å². The largest absolute Gasteiger partial charge is 0.354 e. The van der Waals surface area contributed by atoms with E-state index in [-0.39, 0.29) is 13.1 Å². The van der Waals surface area contributed by atoms with Crippen LogP contribution in [0, 0.1) is 22.7 Å². The highest BCUT2D eigenvalue weighted by molar-refractivity contribution is 7.90. The molecule has 0 aliphatic heterocycles. The lowest BCUT2D eigenvalue weighted by Crippen LogP contribution is -2.47. The van der Waals surface area contributed by atoms with E-state index < -0.39 is 15.0 Å². The molecule has 0 saturated carbocycles. The van der Waals surface area contributed by atoms with E-state index in [1.165, 1.54) is 12.1 Å². The van der Waals surface area contributed by atoms with Crippen molar-refractivity contribution in [3.05, 3.63) is 0 Å². The van der Waals surface area contributed by atoms with Gasteiger partial charge in [-0.15, -0.1) is 0 Å². The van der Waals surface area contributed by atoms with E-state index >= 15 is 0 Å². The van der Waals surface area contributed by atoms with E-state index in [0.717, 1.165) is 17.1 Å². The van der Waals surface area contributed by atoms with Crippen molar-refractivity contribution in [2.45, 2.75) is 44.5 Å². The Labute approximate surface area is 108 Å². The van der Waals surface area contributed by atoms with Gasteiger partial charge in [-0.1, -0.05) is 26.7 Å². The molecule has 0 aromatic rings. The Hall–Kier alpha value is -1.15. The molecule has 0 aliphatic carbocycles. The lowest BCUT2D eigenvalue weighted by atomic mass is 10.3. The summed E-state index contributed by atoms with van der Waals surface area (Å²) in [6.45, 7) is 4.24. The molecular formula is C11H19N3O3S. The minimum Gasteiger partial charge on any atom is -0.351 e. The van der Waals surface area contributed by atoms with Gasteiger partial charge >= 0.3 is 4.93 Å². The lowest BCUT2D eigenvalue weighted by Gasteiger charge is -2.25. The summed E-state index contributed by atoms with van der Waals surface area (Å²) in [6, 6.07) is 2.33. The summed E-state index contributed by atoms with van der Waals surface area (Å²) in [6.07, 6.45) is 2.82. The fraction of sp³-hybridized carbons (Fsp3) is 0.818. The molecule has 102 valence electrons. The molecule has 18 heavy (non-hydrogen) atoms. The maximum absolute atomic E-state index is 12.1. The maximum atomic E-state index is 12.1. The molecule has 0 radical (unpaired) electrons. The second kappa shape index (κ2) is 7.32. The normalized spacial score (nSPS) is 12.1. The second-order valence-electron chi connectivity index (χ2n) is 3.98. The molecule has 0 aromatic heterocycles. The Morgan fingerprint density at radius 3 is 1.78 bits per heavy atom. The Kier molecular flexibility index (Phi) is 6.85. The molecular weight excluding hydrogens is 254 g/mol. The van der Waals surface area contributed by atoms with Gasteiger partial charge in [0.05, 0.1) is 0 Å². The highest BCUT2D eigenvalue weighted by Gasteiger charge is 2.46. The van der Waals surface area contributed by atoms with Crippen LogP contribution in [0.2, 0.25) is 0 Å². The van der Waals surface area contributed by atoms with Gasteiger partial charge in [0.1, 0.15) is 12.1 Å². The average molecular weight is 273 g/mol. The molecule has 0 saturated heterocycles. The third-order valence-electron chi connectivity index (χ3n) is 2.54. The fourth-order valence-corrected chi connectivity index (χ4v) is 2.69. The molecule has 0 rings (SSSR count). The van der Waals surface area contributed by atoms with Crippen molar-refractivity contribution in [1.29, 1.82) is 10.5 Å². The number of aliphatic hydroxyl groups is 1. The molecule has 7 heteroatoms. The molecule has 0 heterocycles. The van der Waals surface area contributed by atoms with E-state index in [9.17, 15) is 13.5 Å². The van der Waals surface area contributed by atoms with E-state index in [0.29, 0.717) is 12.8 Å². The van der Waals surface area contributed by atoms with Gasteiger partial charge < -0.3 is 5.11 Å². The van der Waals surface area contributed by atoms with E-state index in [1.54, 1.807) is 0 Å². The number of hydrogen-bond acceptors (Lipinski definition) is 5. The van der Waals surface area contributed by atoms with Crippen LogP contribution in [0.15, 0.2) is 0 Å². The Balaban J connectivity index is 5.21. The van der Waals surface area contributed by atoms with Crippen LogP contribution in [0.4, 0.5) is 0 Å². The van der Waals surface area contributed by atoms with Gasteiger partial charge in [0.25, 0.3) is 10.0 Å². The number of unbranched alkanes of at least 4 members (excludes halogenated alkanes) is 2. The van der Waals surface area contributed by atoms with Crippen molar-refractivity contribution < 1.29 is 13.5 Å². The first-order valence-electron chi connectivity index (χ1n) is 5.94. The van der Waals surface area contributed by atoms with Gasteiger partial charge in [0.15, 0.2) is 0 Å². The Bertz CT molecular complexity index is 411. The van der Waals surface area contributed by atoms with Gasteiger partial charge in [-0.05, 0) is 12.8 Å². The first-order valence-corrected chi connectivity index (χ1v) is 7.38. The van der Waals surface area contributed by atoms with Gasteiger partial charge in [0.2, 0.25) is 0 Å². The summed E-state index contributed by atoms with van der Waals surface area (Å²) >= 11 is 0. The van der Waals surface area contributed by atoms with Crippen LogP contribution in [0.3, 0.4) is 0 Å². The predicted octanol–water partition coefficient (Wildman–Crippen LogP) is 0.954. The van der Waals surface area contributed by atoms with E-state index in [2.05, 4.69) is 0 Å². The highest BCUT2D eigenvalue weighted by atomic mass is 32.2. The quantitative estimate of drug-likeness (QED) is 0.663. The summed E-state index contributed by atoms with van der Waals surface area (Å²) in [5.41, 5.74) is 0. The predicted molar refractivity (Wildman–Crippen MR) is 66.5 cm³/mol. The van der Waals surface area contributed by atoms with Crippen LogP contribution in [0.25, 0.3) is 0 Å². The number of rotatable bonds is 8. The van der Waals surface area contributed by atoms with Crippen molar-refractivity contribution >= 4 is 10.0 Å². The lowest BCUT2D eigenvalue weighted by molar-refractivity contribution is 0.221. The van der Waals surface area contributed by atoms with Crippen LogP contribution in [0.5, 0.6) is 0 Å². The topological polar surface area (TPSA) is 105 Å². The van der Waals surface area contributed by atoms with Crippen molar-refractivity contribution in [1.82, 2.24) is 4.31 Å². The van der Waals surface area contributed by atoms with E-state index in [4.69, 9.17) is 10.5 Å². The fourth-order valence-electron chi connectivity index (χ4n) is 1.35. The van der Waals surface area contributed by atoms with Crippen molar-refractivity contribution in [3.8, 4) is 12.1 Å². The minimum absolute atomic E-state index is 0.213. The van der Waals surface area contributed by atoms with Crippen molar-refractivity contribution in [2.24, 2.45) is 0 Å². The molecule has 0 aliphatic rings. The zero-order chi connectivity index (χ0) is 14.2. The molecule has 0 amide bonds. The number of sulfonamides is 1. The standard InChI is InChI=1S/C11H19N3O3S/c1-3-5-7-14(8-6-4-2)18(16,17)11(15,9-12)10-13/h15H,3-8H2,1-2H3. The summed E-state index contributed by atoms with van der Waals surface area (Å²) in [5.74, 6) is 0. The molecule has 0 unspecified atom stereocenters. The summed E-state index contributed by atoms with van der Waals surface area (Å²) in [5, 5.41) is 27.0. The van der Waals surface area contributed by atoms with Crippen molar-refractivity contribution in [2.75, 3.05) is 13.1 Å². The van der Waals surface area contributed by atoms with Crippen LogP contribution in [-0.4, -0.2) is 35.9 Å². The SMILES string of the molecule is CCCCN(CCCC)S(=O)(=O)C(O)(C#N)C#N. The molecule has 0 fully saturated rings. The third-order valence-corrected chi connectivity index (χ3v) is 4.51. The molecule has 0 aromatic carbocycles. The summed E-state index contributed by atoms with van der Waals surface area (Å²) in [7, 11) is -4.34. The zero-order valence-electron chi connectivity index (χ0n) is 10.8. The van der Waals surface area contributed by atoms with E-state index in [1.807, 2.05) is 13.8 Å². The molecule has 0 bridgehead atoms. The van der Waals surface area contributed by atoms with Crippen LogP contribution in [-0.2, 0) is 10.0 Å². The maximum Gasteiger partial charge on any atom is 0.354 e. The van der Waals surface area contributed by atoms with Crippen molar-refractivity contribution in [3.63, 3.8) is 0 Å². The van der Waals surface area contributed by atoms with Gasteiger partial charge in [0, 0.05) is 13.1 Å². The van der Waals surface area contributed by atoms with Crippen LogP contribution >= 0.6 is 0 Å². The number of nitrogens with zero attached hydrogens (tertiary/aromatic N) is 3. The zero-order valence-corrected chi connectivity index (χ0v) is 11.6. The molecule has 6 nitrogen and oxygen atoms in total. The first kappa shape index (κ1) is 16.9. The number of hydrogen-bond donors (Lipinski definition) is 1. The summed E-state index contributed by atoms with van der Waals surface area (Å²) in [4.78, 5) is -2.99. The van der Waals surface area contributed by atoms with Crippen LogP contribution < -0.4 is 0 Å². The second-order valence-corrected chi connectivity index (χ2v) is 6.04. The monoisotopic (exact) mass is 273 g/mol. The summed E-state index contributed by atoms with van der Waals surface area (Å²) < 4.78 is 25.1. The third kappa shape index (κ3) is 3.67. The van der Waals surface area contributed by atoms with Gasteiger partial charge in [-0.25, -0.2) is 8.42 Å². The Morgan fingerprint density at radius 2 is 1.50 bits per heavy atom. The average Bonchev–Trinajstić information content (AvgIpc) is 2.37. The molecule has 0 spiro atoms. The Morgan fingerprint density at radius 1 is 1.11 bits per heavy atom. The molecule has 1 N–H and O–H groups in total. The first-order chi connectivity index (χ1) is 8.39. The molecule has 0 atom stereocenters. The minimum atomic E-state index is -4.34.